The number of allylic oxidation sites excluding steroid dienone is 1. The maximum Gasteiger partial charge on any atom is 0.229 e. The molecule has 5 nitrogen and oxygen atoms in total. The number of rotatable bonds is 9. The topological polar surface area (TPSA) is 66.5 Å². The summed E-state index contributed by atoms with van der Waals surface area (Å²) < 4.78 is 26.7. The van der Waals surface area contributed by atoms with Gasteiger partial charge in [0.25, 0.3) is 0 Å². The number of hydrogen-bond donors (Lipinski definition) is 1. The van der Waals surface area contributed by atoms with Crippen LogP contribution in [0.15, 0.2) is 61.2 Å². The van der Waals surface area contributed by atoms with Crippen molar-refractivity contribution in [2.24, 2.45) is 11.3 Å². The second-order valence-electron chi connectivity index (χ2n) is 10.2. The van der Waals surface area contributed by atoms with Gasteiger partial charge in [0.2, 0.25) is 15.9 Å². The van der Waals surface area contributed by atoms with Gasteiger partial charge in [0, 0.05) is 28.5 Å². The monoisotopic (exact) mass is 534 g/mol. The van der Waals surface area contributed by atoms with Gasteiger partial charge in [0.15, 0.2) is 0 Å². The first kappa shape index (κ1) is 26.2. The van der Waals surface area contributed by atoms with Crippen molar-refractivity contribution in [1.82, 2.24) is 9.62 Å². The largest absolute Gasteiger partial charge is 0.330 e. The first-order chi connectivity index (χ1) is 16.5. The lowest BCUT2D eigenvalue weighted by molar-refractivity contribution is -0.155. The number of nitrogens with one attached hydrogen (secondary N) is 1. The molecular formula is C27H32Cl2N2O3S. The molecule has 1 N–H and O–H groups in total. The van der Waals surface area contributed by atoms with Gasteiger partial charge in [-0.15, -0.1) is 6.58 Å². The van der Waals surface area contributed by atoms with E-state index >= 15 is 0 Å². The van der Waals surface area contributed by atoms with Crippen molar-refractivity contribution in [3.05, 3.63) is 82.4 Å². The molecule has 1 saturated carbocycles. The number of carbonyl (C=O) groups is 1. The van der Waals surface area contributed by atoms with E-state index in [2.05, 4.69) is 17.4 Å². The predicted octanol–water partition coefficient (Wildman–Crippen LogP) is 5.96. The third-order valence-corrected chi connectivity index (χ3v) is 8.44. The van der Waals surface area contributed by atoms with E-state index in [1.807, 2.05) is 54.3 Å². The Morgan fingerprint density at radius 1 is 1.14 bits per heavy atom. The molecule has 8 heteroatoms. The van der Waals surface area contributed by atoms with Gasteiger partial charge >= 0.3 is 0 Å². The van der Waals surface area contributed by atoms with E-state index in [9.17, 15) is 13.2 Å². The summed E-state index contributed by atoms with van der Waals surface area (Å²) in [4.78, 5) is 16.2. The van der Waals surface area contributed by atoms with Gasteiger partial charge in [-0.1, -0.05) is 60.5 Å². The van der Waals surface area contributed by atoms with Gasteiger partial charge in [-0.25, -0.2) is 13.1 Å². The summed E-state index contributed by atoms with van der Waals surface area (Å²) in [6.07, 6.45) is 6.04. The Morgan fingerprint density at radius 3 is 2.40 bits per heavy atom. The zero-order valence-corrected chi connectivity index (χ0v) is 22.4. The molecule has 4 atom stereocenters. The number of halogens is 2. The van der Waals surface area contributed by atoms with Crippen molar-refractivity contribution < 1.29 is 13.2 Å². The zero-order chi connectivity index (χ0) is 25.4. The molecule has 1 heterocycles. The molecule has 0 aromatic heterocycles. The molecule has 35 heavy (non-hydrogen) atoms. The zero-order valence-electron chi connectivity index (χ0n) is 20.1. The van der Waals surface area contributed by atoms with E-state index in [1.54, 1.807) is 6.08 Å². The fourth-order valence-corrected chi connectivity index (χ4v) is 6.26. The smallest absolute Gasteiger partial charge is 0.229 e. The van der Waals surface area contributed by atoms with Gasteiger partial charge in [0.1, 0.15) is 0 Å². The van der Waals surface area contributed by atoms with Crippen LogP contribution in [0, 0.1) is 11.3 Å². The second-order valence-corrected chi connectivity index (χ2v) is 12.9. The van der Waals surface area contributed by atoms with Crippen molar-refractivity contribution in [1.29, 1.82) is 0 Å². The molecule has 2 aliphatic rings. The number of hydrogen-bond acceptors (Lipinski definition) is 3. The Balaban J connectivity index is 1.88. The number of carbonyl (C=O) groups excluding carboxylic acids is 1. The number of amides is 1. The lowest BCUT2D eigenvalue weighted by Crippen LogP contribution is -2.58. The predicted molar refractivity (Wildman–Crippen MR) is 142 cm³/mol. The average molecular weight is 536 g/mol. The maximum absolute atomic E-state index is 14.3. The fraction of sp³-hybridized carbons (Fsp3) is 0.444. The lowest BCUT2D eigenvalue weighted by Gasteiger charge is -2.52. The molecule has 1 aliphatic carbocycles. The summed E-state index contributed by atoms with van der Waals surface area (Å²) in [6, 6.07) is 14.9. The molecule has 1 saturated heterocycles. The molecule has 0 bridgehead atoms. The SMILES string of the molecule is C=CCC1(C)CC(c2cccc(Cl)c2)C(c2ccc(Cl)cc2)N(C(CNS(C)(=O)=O)C2CC2)C1=O. The first-order valence-electron chi connectivity index (χ1n) is 11.9. The maximum atomic E-state index is 14.3. The summed E-state index contributed by atoms with van der Waals surface area (Å²) in [6.45, 7) is 6.10. The Hall–Kier alpha value is -1.86. The van der Waals surface area contributed by atoms with Gasteiger partial charge < -0.3 is 4.90 Å². The molecule has 1 aliphatic heterocycles. The van der Waals surface area contributed by atoms with Crippen LogP contribution in [-0.2, 0) is 14.8 Å². The van der Waals surface area contributed by atoms with E-state index in [1.165, 1.54) is 0 Å². The van der Waals surface area contributed by atoms with Crippen LogP contribution in [0.5, 0.6) is 0 Å². The summed E-state index contributed by atoms with van der Waals surface area (Å²) in [7, 11) is -3.42. The number of sulfonamides is 1. The van der Waals surface area contributed by atoms with E-state index in [0.717, 1.165) is 30.2 Å². The van der Waals surface area contributed by atoms with E-state index < -0.39 is 15.4 Å². The summed E-state index contributed by atoms with van der Waals surface area (Å²) in [5.41, 5.74) is 1.35. The number of benzene rings is 2. The highest BCUT2D eigenvalue weighted by Gasteiger charge is 2.53. The third kappa shape index (κ3) is 5.93. The number of nitrogens with zero attached hydrogens (tertiary/aromatic N) is 1. The van der Waals surface area contributed by atoms with Crippen LogP contribution in [-0.4, -0.2) is 38.1 Å². The standard InChI is InChI=1S/C27H32Cl2N2O3S/c1-4-14-27(2)16-23(20-6-5-7-22(29)15-20)25(19-10-12-21(28)13-11-19)31(26(27)32)24(18-8-9-18)17-30-35(3,33)34/h4-7,10-13,15,18,23-25,30H,1,8-9,14,16-17H2,2-3H3. The van der Waals surface area contributed by atoms with Crippen LogP contribution < -0.4 is 4.72 Å². The molecule has 188 valence electrons. The Morgan fingerprint density at radius 2 is 1.83 bits per heavy atom. The van der Waals surface area contributed by atoms with E-state index in [0.29, 0.717) is 22.9 Å². The average Bonchev–Trinajstić information content (AvgIpc) is 3.62. The van der Waals surface area contributed by atoms with Crippen LogP contribution in [0.1, 0.15) is 55.7 Å². The molecule has 4 rings (SSSR count). The summed E-state index contributed by atoms with van der Waals surface area (Å²) >= 11 is 12.6. The summed E-state index contributed by atoms with van der Waals surface area (Å²) in [5, 5.41) is 1.26. The lowest BCUT2D eigenvalue weighted by atomic mass is 9.67. The van der Waals surface area contributed by atoms with Crippen LogP contribution in [0.3, 0.4) is 0 Å². The highest BCUT2D eigenvalue weighted by atomic mass is 35.5. The second kappa shape index (κ2) is 10.3. The normalized spacial score (nSPS) is 25.9. The van der Waals surface area contributed by atoms with Crippen molar-refractivity contribution in [2.45, 2.75) is 50.6 Å². The molecule has 2 aromatic rings. The van der Waals surface area contributed by atoms with Crippen LogP contribution in [0.25, 0.3) is 0 Å². The van der Waals surface area contributed by atoms with Gasteiger partial charge in [0.05, 0.1) is 17.7 Å². The minimum Gasteiger partial charge on any atom is -0.330 e. The Kier molecular flexibility index (Phi) is 7.68. The highest BCUT2D eigenvalue weighted by Crippen LogP contribution is 2.54. The Labute approximate surface area is 218 Å². The molecule has 0 radical (unpaired) electrons. The van der Waals surface area contributed by atoms with Gasteiger partial charge in [-0.3, -0.25) is 4.79 Å². The van der Waals surface area contributed by atoms with Crippen molar-refractivity contribution in [3.63, 3.8) is 0 Å². The van der Waals surface area contributed by atoms with Crippen LogP contribution in [0.4, 0.5) is 0 Å². The fourth-order valence-electron chi connectivity index (χ4n) is 5.46. The highest BCUT2D eigenvalue weighted by molar-refractivity contribution is 7.88. The van der Waals surface area contributed by atoms with Gasteiger partial charge in [-0.2, -0.15) is 0 Å². The van der Waals surface area contributed by atoms with Crippen molar-refractivity contribution >= 4 is 39.1 Å². The van der Waals surface area contributed by atoms with Gasteiger partial charge in [-0.05, 0) is 67.0 Å². The molecular weight excluding hydrogens is 503 g/mol. The minimum absolute atomic E-state index is 0.0304. The molecule has 0 spiro atoms. The van der Waals surface area contributed by atoms with E-state index in [4.69, 9.17) is 23.2 Å². The Bertz CT molecular complexity index is 1200. The molecule has 2 fully saturated rings. The molecule has 4 unspecified atom stereocenters. The minimum atomic E-state index is -3.42. The molecule has 2 aromatic carbocycles. The van der Waals surface area contributed by atoms with Crippen LogP contribution in [0.2, 0.25) is 10.0 Å². The third-order valence-electron chi connectivity index (χ3n) is 7.26. The number of likely N-dealkylation sites (tertiary alicyclic amines) is 1. The van der Waals surface area contributed by atoms with Crippen LogP contribution >= 0.6 is 23.2 Å². The number of piperidine rings is 1. The quantitative estimate of drug-likeness (QED) is 0.403. The van der Waals surface area contributed by atoms with Crippen molar-refractivity contribution in [3.8, 4) is 0 Å². The van der Waals surface area contributed by atoms with E-state index in [-0.39, 0.29) is 36.4 Å². The summed E-state index contributed by atoms with van der Waals surface area (Å²) in [5.74, 6) is 0.230. The molecule has 1 amide bonds. The van der Waals surface area contributed by atoms with Crippen molar-refractivity contribution in [2.75, 3.05) is 12.8 Å². The first-order valence-corrected chi connectivity index (χ1v) is 14.6.